The first-order valence-corrected chi connectivity index (χ1v) is 9.12. The SMILES string of the molecule is CCC1NNCC1C(=O)N1CCCCC1CCc1ccccc1. The van der Waals surface area contributed by atoms with Gasteiger partial charge in [0.05, 0.1) is 5.92 Å². The fraction of sp³-hybridized carbons (Fsp3) is 0.632. The van der Waals surface area contributed by atoms with Crippen LogP contribution in [0.5, 0.6) is 0 Å². The lowest BCUT2D eigenvalue weighted by atomic mass is 9.92. The van der Waals surface area contributed by atoms with Gasteiger partial charge in [0, 0.05) is 25.2 Å². The largest absolute Gasteiger partial charge is 0.339 e. The zero-order valence-corrected chi connectivity index (χ0v) is 14.1. The van der Waals surface area contributed by atoms with E-state index in [4.69, 9.17) is 0 Å². The van der Waals surface area contributed by atoms with Crippen LogP contribution in [-0.4, -0.2) is 36.0 Å². The maximum atomic E-state index is 13.0. The molecule has 0 radical (unpaired) electrons. The smallest absolute Gasteiger partial charge is 0.228 e. The van der Waals surface area contributed by atoms with Crippen molar-refractivity contribution in [2.24, 2.45) is 5.92 Å². The molecule has 1 aromatic carbocycles. The van der Waals surface area contributed by atoms with Crippen LogP contribution in [0, 0.1) is 5.92 Å². The van der Waals surface area contributed by atoms with Crippen LogP contribution in [0.1, 0.15) is 44.6 Å². The monoisotopic (exact) mass is 315 g/mol. The number of hydrogen-bond donors (Lipinski definition) is 2. The van der Waals surface area contributed by atoms with E-state index < -0.39 is 0 Å². The van der Waals surface area contributed by atoms with Crippen LogP contribution in [0.25, 0.3) is 0 Å². The number of piperidine rings is 1. The summed E-state index contributed by atoms with van der Waals surface area (Å²) in [5.74, 6) is 0.449. The Bertz CT molecular complexity index is 505. The number of benzene rings is 1. The van der Waals surface area contributed by atoms with Gasteiger partial charge >= 0.3 is 0 Å². The molecule has 2 saturated heterocycles. The molecule has 3 rings (SSSR count). The fourth-order valence-electron chi connectivity index (χ4n) is 3.97. The average Bonchev–Trinajstić information content (AvgIpc) is 3.09. The quantitative estimate of drug-likeness (QED) is 0.877. The Labute approximate surface area is 139 Å². The van der Waals surface area contributed by atoms with Gasteiger partial charge in [-0.15, -0.1) is 0 Å². The summed E-state index contributed by atoms with van der Waals surface area (Å²) in [4.78, 5) is 15.2. The summed E-state index contributed by atoms with van der Waals surface area (Å²) in [6, 6.07) is 11.3. The van der Waals surface area contributed by atoms with Gasteiger partial charge in [-0.05, 0) is 44.1 Å². The van der Waals surface area contributed by atoms with Crippen molar-refractivity contribution in [1.29, 1.82) is 0 Å². The van der Waals surface area contributed by atoms with Crippen LogP contribution in [-0.2, 0) is 11.2 Å². The third-order valence-corrected chi connectivity index (χ3v) is 5.37. The molecule has 0 aromatic heterocycles. The number of hydrogen-bond acceptors (Lipinski definition) is 3. The van der Waals surface area contributed by atoms with Gasteiger partial charge in [-0.2, -0.15) is 0 Å². The van der Waals surface area contributed by atoms with Gasteiger partial charge in [0.2, 0.25) is 5.91 Å². The van der Waals surface area contributed by atoms with E-state index in [9.17, 15) is 4.79 Å². The number of likely N-dealkylation sites (tertiary alicyclic amines) is 1. The Morgan fingerprint density at radius 3 is 2.87 bits per heavy atom. The number of carbonyl (C=O) groups excluding carboxylic acids is 1. The van der Waals surface area contributed by atoms with Crippen molar-refractivity contribution in [2.45, 2.75) is 57.5 Å². The van der Waals surface area contributed by atoms with E-state index in [1.54, 1.807) is 0 Å². The second-order valence-corrected chi connectivity index (χ2v) is 6.85. The minimum atomic E-state index is 0.0947. The Kier molecular flexibility index (Phi) is 5.68. The van der Waals surface area contributed by atoms with E-state index in [0.717, 1.165) is 45.2 Å². The molecule has 2 aliphatic heterocycles. The molecule has 4 nitrogen and oxygen atoms in total. The maximum absolute atomic E-state index is 13.0. The van der Waals surface area contributed by atoms with Gasteiger partial charge in [-0.25, -0.2) is 0 Å². The number of amides is 1. The average molecular weight is 315 g/mol. The van der Waals surface area contributed by atoms with Crippen LogP contribution in [0.4, 0.5) is 0 Å². The minimum absolute atomic E-state index is 0.0947. The molecular weight excluding hydrogens is 286 g/mol. The first-order chi connectivity index (χ1) is 11.3. The molecule has 1 amide bonds. The summed E-state index contributed by atoms with van der Waals surface area (Å²) in [6.07, 6.45) is 6.70. The molecule has 0 aliphatic carbocycles. The van der Waals surface area contributed by atoms with E-state index in [-0.39, 0.29) is 12.0 Å². The highest BCUT2D eigenvalue weighted by Crippen LogP contribution is 2.25. The normalized spacial score (nSPS) is 28.0. The lowest BCUT2D eigenvalue weighted by Gasteiger charge is -2.38. The molecule has 0 bridgehead atoms. The van der Waals surface area contributed by atoms with Gasteiger partial charge in [0.1, 0.15) is 0 Å². The third-order valence-electron chi connectivity index (χ3n) is 5.37. The molecule has 23 heavy (non-hydrogen) atoms. The van der Waals surface area contributed by atoms with Crippen molar-refractivity contribution < 1.29 is 4.79 Å². The topological polar surface area (TPSA) is 44.4 Å². The number of rotatable bonds is 5. The van der Waals surface area contributed by atoms with Crippen molar-refractivity contribution in [2.75, 3.05) is 13.1 Å². The van der Waals surface area contributed by atoms with Crippen molar-refractivity contribution in [3.05, 3.63) is 35.9 Å². The Hall–Kier alpha value is -1.39. The van der Waals surface area contributed by atoms with Crippen molar-refractivity contribution >= 4 is 5.91 Å². The highest BCUT2D eigenvalue weighted by Gasteiger charge is 2.37. The highest BCUT2D eigenvalue weighted by atomic mass is 16.2. The first-order valence-electron chi connectivity index (χ1n) is 9.12. The molecule has 2 fully saturated rings. The number of nitrogens with zero attached hydrogens (tertiary/aromatic N) is 1. The second-order valence-electron chi connectivity index (χ2n) is 6.85. The third kappa shape index (κ3) is 3.93. The van der Waals surface area contributed by atoms with Gasteiger partial charge < -0.3 is 4.90 Å². The number of nitrogens with one attached hydrogen (secondary N) is 2. The van der Waals surface area contributed by atoms with E-state index in [0.29, 0.717) is 11.9 Å². The van der Waals surface area contributed by atoms with Crippen molar-refractivity contribution in [3.63, 3.8) is 0 Å². The molecule has 0 saturated carbocycles. The van der Waals surface area contributed by atoms with E-state index in [2.05, 4.69) is 53.0 Å². The van der Waals surface area contributed by atoms with Crippen LogP contribution in [0.2, 0.25) is 0 Å². The zero-order chi connectivity index (χ0) is 16.1. The predicted molar refractivity (Wildman–Crippen MR) is 92.8 cm³/mol. The van der Waals surface area contributed by atoms with Gasteiger partial charge in [0.15, 0.2) is 0 Å². The number of aryl methyl sites for hydroxylation is 1. The van der Waals surface area contributed by atoms with Crippen LogP contribution < -0.4 is 10.9 Å². The Morgan fingerprint density at radius 2 is 2.09 bits per heavy atom. The van der Waals surface area contributed by atoms with Gasteiger partial charge in [-0.1, -0.05) is 37.3 Å². The fourth-order valence-corrected chi connectivity index (χ4v) is 3.97. The summed E-state index contributed by atoms with van der Waals surface area (Å²) in [5, 5.41) is 0. The molecule has 0 spiro atoms. The summed E-state index contributed by atoms with van der Waals surface area (Å²) in [7, 11) is 0. The lowest BCUT2D eigenvalue weighted by molar-refractivity contribution is -0.139. The van der Waals surface area contributed by atoms with E-state index in [1.807, 2.05) is 0 Å². The maximum Gasteiger partial charge on any atom is 0.228 e. The summed E-state index contributed by atoms with van der Waals surface area (Å²) >= 11 is 0. The summed E-state index contributed by atoms with van der Waals surface area (Å²) in [6.45, 7) is 3.85. The number of carbonyl (C=O) groups is 1. The Balaban J connectivity index is 1.62. The first kappa shape index (κ1) is 16.5. The molecule has 2 aliphatic rings. The van der Waals surface area contributed by atoms with Crippen molar-refractivity contribution in [3.8, 4) is 0 Å². The van der Waals surface area contributed by atoms with E-state index in [1.165, 1.54) is 12.0 Å². The number of hydrazine groups is 1. The van der Waals surface area contributed by atoms with Gasteiger partial charge in [0.25, 0.3) is 0 Å². The summed E-state index contributed by atoms with van der Waals surface area (Å²) in [5.41, 5.74) is 7.80. The summed E-state index contributed by atoms with van der Waals surface area (Å²) < 4.78 is 0. The lowest BCUT2D eigenvalue weighted by Crippen LogP contribution is -2.49. The second kappa shape index (κ2) is 7.93. The van der Waals surface area contributed by atoms with E-state index >= 15 is 0 Å². The molecule has 4 heteroatoms. The van der Waals surface area contributed by atoms with Crippen molar-refractivity contribution in [1.82, 2.24) is 15.8 Å². The molecule has 1 aromatic rings. The molecule has 126 valence electrons. The van der Waals surface area contributed by atoms with Crippen LogP contribution in [0.15, 0.2) is 30.3 Å². The highest BCUT2D eigenvalue weighted by molar-refractivity contribution is 5.80. The zero-order valence-electron chi connectivity index (χ0n) is 14.1. The molecule has 3 unspecified atom stereocenters. The molecule has 3 atom stereocenters. The molecule has 2 N–H and O–H groups in total. The molecular formula is C19H29N3O. The Morgan fingerprint density at radius 1 is 1.26 bits per heavy atom. The standard InChI is InChI=1S/C19H29N3O/c1-2-18-17(14-20-21-18)19(23)22-13-7-6-10-16(22)12-11-15-8-4-3-5-9-15/h3-5,8-9,16-18,20-21H,2,6-7,10-14H2,1H3. The predicted octanol–water partition coefficient (Wildman–Crippen LogP) is 2.50. The van der Waals surface area contributed by atoms with Crippen LogP contribution in [0.3, 0.4) is 0 Å². The minimum Gasteiger partial charge on any atom is -0.339 e. The van der Waals surface area contributed by atoms with Crippen LogP contribution >= 0.6 is 0 Å². The van der Waals surface area contributed by atoms with Gasteiger partial charge in [-0.3, -0.25) is 15.6 Å². The molecule has 2 heterocycles.